The number of rotatable bonds is 57. The van der Waals surface area contributed by atoms with Crippen LogP contribution in [-0.4, -0.2) is 73.4 Å². The largest absolute Gasteiger partial charge is 0.472 e. The predicted octanol–water partition coefficient (Wildman–Crippen LogP) is 19.8. The molecule has 0 saturated heterocycles. The topological polar surface area (TPSA) is 105 Å². The van der Waals surface area contributed by atoms with Gasteiger partial charge in [-0.1, -0.05) is 284 Å². The van der Waals surface area contributed by atoms with Gasteiger partial charge in [0.1, 0.15) is 13.2 Å². The SMILES string of the molecule is CC/C=C\C/C=C\C/C=C\C/C=C\C/C=C\C/C=C\C/C=C\CCCCCCCCCC(=O)NC(COP(=O)(O)OCC[N+](C)(C)C)C(O)/C=C/CCCCCCCCCCCCCCCCCCCCCCCCC. The van der Waals surface area contributed by atoms with Gasteiger partial charge >= 0.3 is 7.82 Å². The molecule has 0 aliphatic heterocycles. The van der Waals surface area contributed by atoms with Crippen molar-refractivity contribution in [1.82, 2.24) is 5.32 Å². The molecule has 0 bridgehead atoms. The number of amides is 1. The molecule has 0 heterocycles. The minimum absolute atomic E-state index is 0.0547. The number of carbonyl (C=O) groups is 1. The standard InChI is InChI=1S/C67H121N2O6P/c1-6-8-10-12-14-16-18-20-22-24-26-28-30-32-33-34-35-37-39-41-43-45-47-49-51-53-55-57-59-61-67(71)68-65(64-75-76(72,73)74-63-62-69(3,4)5)66(70)60-58-56-54-52-50-48-46-44-42-40-38-36-31-29-27-25-23-21-19-17-15-13-11-9-7-2/h8,10,14,16,20,22,26,28,32-33,35,37,41,43,58,60,65-66,70H,6-7,9,11-13,15,17-19,21,23-25,27,29-31,34,36,38-40,42,44-57,59,61-64H2,1-5H3,(H-,68,71,72,73)/p+1/b10-8-,16-14-,22-20-,28-26-,33-32-,37-35-,43-41-,60-58+. The molecular weight excluding hydrogens is 960 g/mol. The van der Waals surface area contributed by atoms with Crippen LogP contribution in [0.25, 0.3) is 0 Å². The number of nitrogens with one attached hydrogen (secondary N) is 1. The number of likely N-dealkylation sites (N-methyl/N-ethyl adjacent to an activating group) is 1. The number of unbranched alkanes of at least 4 members (excludes halogenated alkanes) is 30. The third kappa shape index (κ3) is 59.1. The summed E-state index contributed by atoms with van der Waals surface area (Å²) >= 11 is 0. The quantitative estimate of drug-likeness (QED) is 0.0243. The van der Waals surface area contributed by atoms with E-state index in [1.165, 1.54) is 154 Å². The Balaban J connectivity index is 4.22. The van der Waals surface area contributed by atoms with Crippen LogP contribution in [0.15, 0.2) is 97.2 Å². The molecule has 0 fully saturated rings. The second kappa shape index (κ2) is 57.1. The van der Waals surface area contributed by atoms with Crippen LogP contribution < -0.4 is 5.32 Å². The third-order valence-corrected chi connectivity index (χ3v) is 14.8. The van der Waals surface area contributed by atoms with Crippen molar-refractivity contribution >= 4 is 13.7 Å². The maximum absolute atomic E-state index is 13.0. The van der Waals surface area contributed by atoms with Crippen molar-refractivity contribution in [3.63, 3.8) is 0 Å². The number of aliphatic hydroxyl groups excluding tert-OH is 1. The molecule has 0 spiro atoms. The van der Waals surface area contributed by atoms with Crippen molar-refractivity contribution in [3.8, 4) is 0 Å². The molecule has 3 unspecified atom stereocenters. The second-order valence-corrected chi connectivity index (χ2v) is 23.9. The normalized spacial score (nSPS) is 14.5. The van der Waals surface area contributed by atoms with E-state index in [1.807, 2.05) is 27.2 Å². The Hall–Kier alpha value is -2.58. The van der Waals surface area contributed by atoms with E-state index in [4.69, 9.17) is 9.05 Å². The zero-order valence-corrected chi connectivity index (χ0v) is 51.1. The smallest absolute Gasteiger partial charge is 0.387 e. The Morgan fingerprint density at radius 1 is 0.461 bits per heavy atom. The molecule has 0 aliphatic rings. The summed E-state index contributed by atoms with van der Waals surface area (Å²) in [5.74, 6) is -0.189. The Morgan fingerprint density at radius 2 is 0.789 bits per heavy atom. The summed E-state index contributed by atoms with van der Waals surface area (Å²) in [6.45, 7) is 4.71. The van der Waals surface area contributed by atoms with Crippen molar-refractivity contribution in [2.45, 2.75) is 283 Å². The van der Waals surface area contributed by atoms with Gasteiger partial charge in [-0.3, -0.25) is 13.8 Å². The van der Waals surface area contributed by atoms with Crippen LogP contribution in [0.5, 0.6) is 0 Å². The van der Waals surface area contributed by atoms with Crippen LogP contribution in [0.2, 0.25) is 0 Å². The first-order valence-electron chi connectivity index (χ1n) is 31.6. The molecule has 0 aromatic heterocycles. The van der Waals surface area contributed by atoms with E-state index in [9.17, 15) is 19.4 Å². The minimum atomic E-state index is -4.36. The molecule has 9 heteroatoms. The summed E-state index contributed by atoms with van der Waals surface area (Å²) < 4.78 is 23.8. The number of hydrogen-bond donors (Lipinski definition) is 3. The molecule has 3 N–H and O–H groups in total. The lowest BCUT2D eigenvalue weighted by Gasteiger charge is -2.25. The van der Waals surface area contributed by atoms with Crippen LogP contribution in [0, 0.1) is 0 Å². The molecule has 0 saturated carbocycles. The van der Waals surface area contributed by atoms with Gasteiger partial charge in [-0.2, -0.15) is 0 Å². The number of nitrogens with zero attached hydrogens (tertiary/aromatic N) is 1. The van der Waals surface area contributed by atoms with E-state index in [-0.39, 0.29) is 19.1 Å². The van der Waals surface area contributed by atoms with Gasteiger partial charge in [0, 0.05) is 6.42 Å². The van der Waals surface area contributed by atoms with Crippen LogP contribution in [0.4, 0.5) is 0 Å². The molecule has 0 aliphatic carbocycles. The average Bonchev–Trinajstić information content (AvgIpc) is 3.38. The summed E-state index contributed by atoms with van der Waals surface area (Å²) in [4.78, 5) is 23.4. The third-order valence-electron chi connectivity index (χ3n) is 13.8. The second-order valence-electron chi connectivity index (χ2n) is 22.4. The Kier molecular flexibility index (Phi) is 55.2. The highest BCUT2D eigenvalue weighted by atomic mass is 31.2. The van der Waals surface area contributed by atoms with Crippen molar-refractivity contribution < 1.29 is 32.9 Å². The average molecular weight is 1080 g/mol. The summed E-state index contributed by atoms with van der Waals surface area (Å²) in [6.07, 6.45) is 82.3. The molecule has 0 aromatic rings. The van der Waals surface area contributed by atoms with Crippen LogP contribution in [-0.2, 0) is 18.4 Å². The van der Waals surface area contributed by atoms with Gasteiger partial charge in [-0.25, -0.2) is 4.57 Å². The summed E-state index contributed by atoms with van der Waals surface area (Å²) in [7, 11) is 1.56. The highest BCUT2D eigenvalue weighted by Gasteiger charge is 2.27. The summed E-state index contributed by atoms with van der Waals surface area (Å²) in [6, 6.07) is -0.861. The van der Waals surface area contributed by atoms with E-state index in [0.29, 0.717) is 17.4 Å². The van der Waals surface area contributed by atoms with Gasteiger partial charge in [-0.05, 0) is 77.0 Å². The Morgan fingerprint density at radius 3 is 1.16 bits per heavy atom. The molecule has 0 radical (unpaired) electrons. The van der Waals surface area contributed by atoms with Crippen LogP contribution in [0.1, 0.15) is 271 Å². The molecule has 440 valence electrons. The zero-order chi connectivity index (χ0) is 55.6. The summed E-state index contributed by atoms with van der Waals surface area (Å²) in [5, 5.41) is 14.0. The first-order chi connectivity index (χ1) is 37.0. The number of phosphoric ester groups is 1. The fraction of sp³-hybridized carbons (Fsp3) is 0.746. The van der Waals surface area contributed by atoms with Crippen molar-refractivity contribution in [3.05, 3.63) is 97.2 Å². The van der Waals surface area contributed by atoms with E-state index in [0.717, 1.165) is 96.3 Å². The van der Waals surface area contributed by atoms with E-state index < -0.39 is 20.0 Å². The number of quaternary nitrogens is 1. The highest BCUT2D eigenvalue weighted by molar-refractivity contribution is 7.47. The lowest BCUT2D eigenvalue weighted by atomic mass is 10.0. The first kappa shape index (κ1) is 73.4. The first-order valence-corrected chi connectivity index (χ1v) is 33.1. The van der Waals surface area contributed by atoms with E-state index in [1.54, 1.807) is 6.08 Å². The molecule has 76 heavy (non-hydrogen) atoms. The molecule has 1 amide bonds. The van der Waals surface area contributed by atoms with Crippen molar-refractivity contribution in [2.75, 3.05) is 40.9 Å². The number of hydrogen-bond acceptors (Lipinski definition) is 5. The van der Waals surface area contributed by atoms with Gasteiger partial charge in [0.15, 0.2) is 0 Å². The molecule has 8 nitrogen and oxygen atoms in total. The Bertz CT molecular complexity index is 1560. The monoisotopic (exact) mass is 1080 g/mol. The highest BCUT2D eigenvalue weighted by Crippen LogP contribution is 2.43. The number of allylic oxidation sites excluding steroid dienone is 15. The van der Waals surface area contributed by atoms with Gasteiger partial charge in [0.25, 0.3) is 0 Å². The van der Waals surface area contributed by atoms with Crippen molar-refractivity contribution in [2.24, 2.45) is 0 Å². The lowest BCUT2D eigenvalue weighted by Crippen LogP contribution is -2.45. The molecule has 0 aromatic carbocycles. The van der Waals surface area contributed by atoms with Crippen LogP contribution >= 0.6 is 7.82 Å². The van der Waals surface area contributed by atoms with Gasteiger partial charge in [-0.15, -0.1) is 0 Å². The minimum Gasteiger partial charge on any atom is -0.387 e. The number of aliphatic hydroxyl groups is 1. The molecule has 0 rings (SSSR count). The predicted molar refractivity (Wildman–Crippen MR) is 332 cm³/mol. The van der Waals surface area contributed by atoms with Crippen molar-refractivity contribution in [1.29, 1.82) is 0 Å². The lowest BCUT2D eigenvalue weighted by molar-refractivity contribution is -0.870. The molecule has 3 atom stereocenters. The zero-order valence-electron chi connectivity index (χ0n) is 50.2. The molecular formula is C67H122N2O6P+. The fourth-order valence-electron chi connectivity index (χ4n) is 8.91. The van der Waals surface area contributed by atoms with Gasteiger partial charge in [0.05, 0.1) is 39.9 Å². The maximum Gasteiger partial charge on any atom is 0.472 e. The fourth-order valence-corrected chi connectivity index (χ4v) is 9.64. The Labute approximate surface area is 470 Å². The van der Waals surface area contributed by atoms with Crippen LogP contribution in [0.3, 0.4) is 0 Å². The van der Waals surface area contributed by atoms with Gasteiger partial charge < -0.3 is 19.8 Å². The maximum atomic E-state index is 13.0. The van der Waals surface area contributed by atoms with Gasteiger partial charge in [0.2, 0.25) is 5.91 Å². The van der Waals surface area contributed by atoms with E-state index in [2.05, 4.69) is 104 Å². The number of phosphoric acid groups is 1. The summed E-state index contributed by atoms with van der Waals surface area (Å²) in [5.41, 5.74) is 0. The number of carbonyl (C=O) groups excluding carboxylic acids is 1. The van der Waals surface area contributed by atoms with E-state index >= 15 is 0 Å².